The van der Waals surface area contributed by atoms with Crippen LogP contribution in [-0.4, -0.2) is 12.2 Å². The van der Waals surface area contributed by atoms with Gasteiger partial charge in [-0.05, 0) is 37.6 Å². The first kappa shape index (κ1) is 12.4. The maximum atomic E-state index is 11.9. The molecule has 0 bridgehead atoms. The van der Waals surface area contributed by atoms with Crippen molar-refractivity contribution >= 4 is 11.5 Å². The summed E-state index contributed by atoms with van der Waals surface area (Å²) in [6.07, 6.45) is -4.68. The second kappa shape index (κ2) is 4.42. The van der Waals surface area contributed by atoms with Crippen LogP contribution in [0.1, 0.15) is 12.5 Å². The summed E-state index contributed by atoms with van der Waals surface area (Å²) < 4.78 is 39.5. The molecular formula is C10H11F3N2O. The third-order valence-corrected chi connectivity index (χ3v) is 1.70. The first-order chi connectivity index (χ1) is 7.28. The number of nitrogens with zero attached hydrogens (tertiary/aromatic N) is 1. The molecule has 3 nitrogen and oxygen atoms in total. The van der Waals surface area contributed by atoms with E-state index in [1.54, 1.807) is 13.8 Å². The molecule has 1 rings (SSSR count). The number of halogens is 3. The summed E-state index contributed by atoms with van der Waals surface area (Å²) in [5.74, 6) is 0.0752. The van der Waals surface area contributed by atoms with Crippen LogP contribution in [0.4, 0.5) is 18.9 Å². The topological polar surface area (TPSA) is 47.6 Å². The van der Waals surface area contributed by atoms with Crippen molar-refractivity contribution in [3.8, 4) is 5.75 Å². The van der Waals surface area contributed by atoms with Crippen LogP contribution >= 0.6 is 0 Å². The molecule has 2 N–H and O–H groups in total. The average molecular weight is 232 g/mol. The first-order valence-corrected chi connectivity index (χ1v) is 4.45. The molecule has 6 heteroatoms. The lowest BCUT2D eigenvalue weighted by Gasteiger charge is -2.10. The molecule has 0 saturated carbocycles. The van der Waals surface area contributed by atoms with E-state index in [0.717, 1.165) is 0 Å². The highest BCUT2D eigenvalue weighted by atomic mass is 19.4. The molecule has 16 heavy (non-hydrogen) atoms. The van der Waals surface area contributed by atoms with E-state index in [1.165, 1.54) is 18.2 Å². The van der Waals surface area contributed by atoms with Gasteiger partial charge in [0, 0.05) is 0 Å². The molecule has 0 aromatic heterocycles. The van der Waals surface area contributed by atoms with Gasteiger partial charge in [0.2, 0.25) is 0 Å². The molecule has 0 heterocycles. The second-order valence-corrected chi connectivity index (χ2v) is 3.25. The molecule has 0 fully saturated rings. The number of nitrogens with two attached hydrogens (primary N) is 1. The fourth-order valence-corrected chi connectivity index (χ4v) is 1.14. The largest absolute Gasteiger partial charge is 0.573 e. The average Bonchev–Trinajstić information content (AvgIpc) is 2.06. The van der Waals surface area contributed by atoms with E-state index in [4.69, 9.17) is 5.73 Å². The third kappa shape index (κ3) is 3.80. The van der Waals surface area contributed by atoms with Crippen LogP contribution in [0.2, 0.25) is 0 Å². The second-order valence-electron chi connectivity index (χ2n) is 3.25. The lowest BCUT2D eigenvalue weighted by atomic mass is 10.2. The lowest BCUT2D eigenvalue weighted by molar-refractivity contribution is -0.274. The number of aliphatic imine (C=N–C) groups is 1. The minimum atomic E-state index is -4.68. The van der Waals surface area contributed by atoms with Crippen LogP contribution in [0.3, 0.4) is 0 Å². The van der Waals surface area contributed by atoms with Crippen LogP contribution in [0.25, 0.3) is 0 Å². The van der Waals surface area contributed by atoms with Crippen LogP contribution in [0.15, 0.2) is 23.2 Å². The molecule has 0 aliphatic carbocycles. The summed E-state index contributed by atoms with van der Waals surface area (Å²) in [6, 6.07) is 3.88. The molecule has 0 aliphatic heterocycles. The van der Waals surface area contributed by atoms with Gasteiger partial charge in [-0.3, -0.25) is 0 Å². The van der Waals surface area contributed by atoms with Crippen LogP contribution in [-0.2, 0) is 0 Å². The number of benzene rings is 1. The normalized spacial score (nSPS) is 12.7. The van der Waals surface area contributed by atoms with Crippen molar-refractivity contribution in [3.05, 3.63) is 23.8 Å². The zero-order valence-corrected chi connectivity index (χ0v) is 8.80. The molecule has 0 amide bonds. The number of alkyl halides is 3. The number of rotatable bonds is 2. The van der Waals surface area contributed by atoms with Gasteiger partial charge >= 0.3 is 6.36 Å². The third-order valence-electron chi connectivity index (χ3n) is 1.70. The van der Waals surface area contributed by atoms with E-state index >= 15 is 0 Å². The minimum Gasteiger partial charge on any atom is -0.406 e. The smallest absolute Gasteiger partial charge is 0.406 e. The Bertz CT molecular complexity index is 409. The number of hydrogen-bond donors (Lipinski definition) is 1. The molecule has 1 aromatic rings. The molecular weight excluding hydrogens is 221 g/mol. The summed E-state index contributed by atoms with van der Waals surface area (Å²) in [5, 5.41) is 0. The van der Waals surface area contributed by atoms with Crippen molar-refractivity contribution < 1.29 is 17.9 Å². The fraction of sp³-hybridized carbons (Fsp3) is 0.300. The predicted octanol–water partition coefficient (Wildman–Crippen LogP) is 2.90. The van der Waals surface area contributed by atoms with Gasteiger partial charge in [-0.1, -0.05) is 0 Å². The highest BCUT2D eigenvalue weighted by molar-refractivity contribution is 5.81. The summed E-state index contributed by atoms with van der Waals surface area (Å²) >= 11 is 0. The Kier molecular flexibility index (Phi) is 3.41. The van der Waals surface area contributed by atoms with Crippen molar-refractivity contribution in [1.29, 1.82) is 0 Å². The first-order valence-electron chi connectivity index (χ1n) is 4.45. The molecule has 0 unspecified atom stereocenters. The Balaban J connectivity index is 2.96. The molecule has 88 valence electrons. The van der Waals surface area contributed by atoms with Crippen molar-refractivity contribution in [3.63, 3.8) is 0 Å². The van der Waals surface area contributed by atoms with Gasteiger partial charge in [-0.25, -0.2) is 4.99 Å². The van der Waals surface area contributed by atoms with Gasteiger partial charge in [0.15, 0.2) is 0 Å². The minimum absolute atomic E-state index is 0.265. The Labute approximate surface area is 90.7 Å². The monoisotopic (exact) mass is 232 g/mol. The number of hydrogen-bond acceptors (Lipinski definition) is 2. The van der Waals surface area contributed by atoms with Crippen molar-refractivity contribution in [1.82, 2.24) is 0 Å². The van der Waals surface area contributed by atoms with Gasteiger partial charge in [0.05, 0.1) is 11.5 Å². The number of ether oxygens (including phenoxy) is 1. The molecule has 0 saturated heterocycles. The van der Waals surface area contributed by atoms with Gasteiger partial charge < -0.3 is 10.5 Å². The summed E-state index contributed by atoms with van der Waals surface area (Å²) in [7, 11) is 0. The maximum absolute atomic E-state index is 11.9. The Morgan fingerprint density at radius 3 is 2.44 bits per heavy atom. The Hall–Kier alpha value is -1.72. The quantitative estimate of drug-likeness (QED) is 0.629. The van der Waals surface area contributed by atoms with Gasteiger partial charge in [-0.2, -0.15) is 0 Å². The van der Waals surface area contributed by atoms with E-state index in [-0.39, 0.29) is 5.75 Å². The number of amidine groups is 1. The molecule has 0 aliphatic rings. The lowest BCUT2D eigenvalue weighted by Crippen LogP contribution is -2.17. The van der Waals surface area contributed by atoms with Gasteiger partial charge in [0.25, 0.3) is 0 Å². The highest BCUT2D eigenvalue weighted by Gasteiger charge is 2.31. The SMILES string of the molecule is CC(N)=Nc1ccc(OC(F)(F)F)cc1C. The van der Waals surface area contributed by atoms with E-state index in [1.807, 2.05) is 0 Å². The van der Waals surface area contributed by atoms with Crippen molar-refractivity contribution in [2.45, 2.75) is 20.2 Å². The van der Waals surface area contributed by atoms with E-state index in [9.17, 15) is 13.2 Å². The zero-order chi connectivity index (χ0) is 12.3. The molecule has 0 atom stereocenters. The summed E-state index contributed by atoms with van der Waals surface area (Å²) in [4.78, 5) is 3.95. The Morgan fingerprint density at radius 1 is 1.38 bits per heavy atom. The molecule has 0 spiro atoms. The van der Waals surface area contributed by atoms with E-state index in [0.29, 0.717) is 17.1 Å². The van der Waals surface area contributed by atoms with E-state index in [2.05, 4.69) is 9.73 Å². The number of aryl methyl sites for hydroxylation is 1. The fourth-order valence-electron chi connectivity index (χ4n) is 1.14. The van der Waals surface area contributed by atoms with E-state index < -0.39 is 6.36 Å². The summed E-state index contributed by atoms with van der Waals surface area (Å²) in [6.45, 7) is 3.23. The van der Waals surface area contributed by atoms with Gasteiger partial charge in [0.1, 0.15) is 5.75 Å². The van der Waals surface area contributed by atoms with Crippen molar-refractivity contribution in [2.24, 2.45) is 10.7 Å². The summed E-state index contributed by atoms with van der Waals surface area (Å²) in [5.41, 5.74) is 6.46. The van der Waals surface area contributed by atoms with Crippen LogP contribution in [0.5, 0.6) is 5.75 Å². The zero-order valence-electron chi connectivity index (χ0n) is 8.80. The standard InChI is InChI=1S/C10H11F3N2O/c1-6-5-8(16-10(11,12)13)3-4-9(6)15-7(2)14/h3-5H,1-2H3,(H2,14,15). The molecule has 0 radical (unpaired) electrons. The Morgan fingerprint density at radius 2 is 2.00 bits per heavy atom. The van der Waals surface area contributed by atoms with Crippen LogP contribution < -0.4 is 10.5 Å². The predicted molar refractivity (Wildman–Crippen MR) is 54.8 cm³/mol. The van der Waals surface area contributed by atoms with Gasteiger partial charge in [-0.15, -0.1) is 13.2 Å². The van der Waals surface area contributed by atoms with Crippen molar-refractivity contribution in [2.75, 3.05) is 0 Å². The molecule has 1 aromatic carbocycles. The maximum Gasteiger partial charge on any atom is 0.573 e. The van der Waals surface area contributed by atoms with Crippen LogP contribution in [0, 0.1) is 6.92 Å². The highest BCUT2D eigenvalue weighted by Crippen LogP contribution is 2.27.